The summed E-state index contributed by atoms with van der Waals surface area (Å²) in [6.45, 7) is 4.35. The minimum absolute atomic E-state index is 0.697. The molecule has 2 heteroatoms. The summed E-state index contributed by atoms with van der Waals surface area (Å²) in [6.07, 6.45) is 11.2. The van der Waals surface area contributed by atoms with Crippen molar-refractivity contribution in [1.82, 2.24) is 4.90 Å². The van der Waals surface area contributed by atoms with Gasteiger partial charge in [0.1, 0.15) is 0 Å². The fourth-order valence-corrected chi connectivity index (χ4v) is 2.69. The second-order valence-corrected chi connectivity index (χ2v) is 5.61. The van der Waals surface area contributed by atoms with Crippen molar-refractivity contribution < 1.29 is 0 Å². The van der Waals surface area contributed by atoms with E-state index in [1.165, 1.54) is 57.9 Å². The van der Waals surface area contributed by atoms with Crippen molar-refractivity contribution in [2.45, 2.75) is 64.3 Å². The van der Waals surface area contributed by atoms with Crippen molar-refractivity contribution in [2.24, 2.45) is 11.7 Å². The Kier molecular flexibility index (Phi) is 7.06. The minimum Gasteiger partial charge on any atom is -0.330 e. The Morgan fingerprint density at radius 2 is 1.81 bits per heavy atom. The lowest BCUT2D eigenvalue weighted by Crippen LogP contribution is -2.32. The van der Waals surface area contributed by atoms with Crippen LogP contribution in [0.1, 0.15) is 58.3 Å². The van der Waals surface area contributed by atoms with E-state index in [4.69, 9.17) is 5.73 Å². The van der Waals surface area contributed by atoms with E-state index < -0.39 is 0 Å². The number of rotatable bonds is 6. The van der Waals surface area contributed by atoms with Crippen LogP contribution in [-0.4, -0.2) is 31.1 Å². The van der Waals surface area contributed by atoms with Crippen LogP contribution >= 0.6 is 0 Å². The molecule has 0 spiro atoms. The van der Waals surface area contributed by atoms with Gasteiger partial charge in [0, 0.05) is 6.04 Å². The highest BCUT2D eigenvalue weighted by molar-refractivity contribution is 4.72. The van der Waals surface area contributed by atoms with Gasteiger partial charge < -0.3 is 10.6 Å². The minimum atomic E-state index is 0.697. The highest BCUT2D eigenvalue weighted by Crippen LogP contribution is 2.21. The maximum Gasteiger partial charge on any atom is 0.00922 e. The maximum absolute atomic E-state index is 5.64. The normalized spacial score (nSPS) is 21.0. The van der Waals surface area contributed by atoms with Gasteiger partial charge in [0.25, 0.3) is 0 Å². The number of hydrogen-bond acceptors (Lipinski definition) is 2. The van der Waals surface area contributed by atoms with E-state index in [0.29, 0.717) is 5.92 Å². The van der Waals surface area contributed by atoms with Crippen LogP contribution in [0.3, 0.4) is 0 Å². The Labute approximate surface area is 102 Å². The van der Waals surface area contributed by atoms with E-state index >= 15 is 0 Å². The van der Waals surface area contributed by atoms with Crippen LogP contribution in [0.4, 0.5) is 0 Å². The largest absolute Gasteiger partial charge is 0.330 e. The van der Waals surface area contributed by atoms with Crippen LogP contribution in [0.15, 0.2) is 0 Å². The summed E-state index contributed by atoms with van der Waals surface area (Å²) in [4.78, 5) is 2.59. The molecule has 1 unspecified atom stereocenters. The molecule has 1 aliphatic carbocycles. The molecule has 0 aromatic heterocycles. The average Bonchev–Trinajstić information content (AvgIpc) is 2.57. The van der Waals surface area contributed by atoms with Crippen molar-refractivity contribution >= 4 is 0 Å². The lowest BCUT2D eigenvalue weighted by atomic mass is 10.0. The van der Waals surface area contributed by atoms with Crippen LogP contribution in [0.5, 0.6) is 0 Å². The summed E-state index contributed by atoms with van der Waals surface area (Å²) in [7, 11) is 2.31. The summed E-state index contributed by atoms with van der Waals surface area (Å²) < 4.78 is 0. The van der Waals surface area contributed by atoms with E-state index in [9.17, 15) is 0 Å². The van der Waals surface area contributed by atoms with Crippen LogP contribution in [-0.2, 0) is 0 Å². The summed E-state index contributed by atoms with van der Waals surface area (Å²) in [5.41, 5.74) is 5.64. The SMILES string of the molecule is CC(CN)CCCN(C)C1CCCCCC1. The molecule has 0 saturated heterocycles. The molecule has 2 nitrogen and oxygen atoms in total. The lowest BCUT2D eigenvalue weighted by Gasteiger charge is -2.27. The van der Waals surface area contributed by atoms with Crippen molar-refractivity contribution in [3.8, 4) is 0 Å². The van der Waals surface area contributed by atoms with E-state index in [1.807, 2.05) is 0 Å². The molecule has 1 rings (SSSR count). The van der Waals surface area contributed by atoms with Gasteiger partial charge >= 0.3 is 0 Å². The predicted octanol–water partition coefficient (Wildman–Crippen LogP) is 3.02. The molecule has 1 aliphatic rings. The molecule has 96 valence electrons. The Morgan fingerprint density at radius 3 is 2.38 bits per heavy atom. The second-order valence-electron chi connectivity index (χ2n) is 5.61. The van der Waals surface area contributed by atoms with Gasteiger partial charge in [0.05, 0.1) is 0 Å². The summed E-state index contributed by atoms with van der Waals surface area (Å²) >= 11 is 0. The molecule has 0 aromatic carbocycles. The van der Waals surface area contributed by atoms with E-state index in [1.54, 1.807) is 0 Å². The molecule has 16 heavy (non-hydrogen) atoms. The van der Waals surface area contributed by atoms with Gasteiger partial charge in [-0.3, -0.25) is 0 Å². The van der Waals surface area contributed by atoms with Gasteiger partial charge in [0.15, 0.2) is 0 Å². The smallest absolute Gasteiger partial charge is 0.00922 e. The van der Waals surface area contributed by atoms with Gasteiger partial charge in [-0.2, -0.15) is 0 Å². The lowest BCUT2D eigenvalue weighted by molar-refractivity contribution is 0.213. The first-order chi connectivity index (χ1) is 7.74. The maximum atomic E-state index is 5.64. The fraction of sp³-hybridized carbons (Fsp3) is 1.00. The molecule has 1 saturated carbocycles. The van der Waals surface area contributed by atoms with Crippen LogP contribution in [0, 0.1) is 5.92 Å². The summed E-state index contributed by atoms with van der Waals surface area (Å²) in [6, 6.07) is 0.857. The Morgan fingerprint density at radius 1 is 1.19 bits per heavy atom. The highest BCUT2D eigenvalue weighted by atomic mass is 15.1. The van der Waals surface area contributed by atoms with Gasteiger partial charge in [-0.25, -0.2) is 0 Å². The van der Waals surface area contributed by atoms with E-state index in [-0.39, 0.29) is 0 Å². The first-order valence-corrected chi connectivity index (χ1v) is 7.14. The molecule has 0 heterocycles. The zero-order valence-electron chi connectivity index (χ0n) is 11.3. The first-order valence-electron chi connectivity index (χ1n) is 7.14. The van der Waals surface area contributed by atoms with Gasteiger partial charge in [-0.15, -0.1) is 0 Å². The standard InChI is InChI=1S/C14H30N2/c1-13(12-15)8-7-11-16(2)14-9-5-3-4-6-10-14/h13-14H,3-12,15H2,1-2H3. The highest BCUT2D eigenvalue weighted by Gasteiger charge is 2.16. The third-order valence-electron chi connectivity index (χ3n) is 4.06. The first kappa shape index (κ1) is 14.0. The molecular weight excluding hydrogens is 196 g/mol. The van der Waals surface area contributed by atoms with Gasteiger partial charge in [0.2, 0.25) is 0 Å². The summed E-state index contributed by atoms with van der Waals surface area (Å²) in [5, 5.41) is 0. The van der Waals surface area contributed by atoms with Gasteiger partial charge in [-0.05, 0) is 51.7 Å². The molecule has 2 N–H and O–H groups in total. The Bertz CT molecular complexity index is 162. The molecule has 1 atom stereocenters. The molecule has 0 radical (unpaired) electrons. The van der Waals surface area contributed by atoms with Crippen LogP contribution in [0.2, 0.25) is 0 Å². The molecule has 0 amide bonds. The molecule has 1 fully saturated rings. The van der Waals surface area contributed by atoms with Crippen molar-refractivity contribution in [1.29, 1.82) is 0 Å². The third-order valence-corrected chi connectivity index (χ3v) is 4.06. The number of nitrogens with zero attached hydrogens (tertiary/aromatic N) is 1. The Hall–Kier alpha value is -0.0800. The van der Waals surface area contributed by atoms with Crippen LogP contribution < -0.4 is 5.73 Å². The second kappa shape index (κ2) is 8.08. The predicted molar refractivity (Wildman–Crippen MR) is 71.6 cm³/mol. The zero-order chi connectivity index (χ0) is 11.8. The van der Waals surface area contributed by atoms with Crippen molar-refractivity contribution in [3.63, 3.8) is 0 Å². The monoisotopic (exact) mass is 226 g/mol. The molecular formula is C14H30N2. The third kappa shape index (κ3) is 5.31. The quantitative estimate of drug-likeness (QED) is 0.705. The van der Waals surface area contributed by atoms with Gasteiger partial charge in [-0.1, -0.05) is 32.6 Å². The van der Waals surface area contributed by atoms with Crippen LogP contribution in [0.25, 0.3) is 0 Å². The Balaban J connectivity index is 2.14. The number of nitrogens with two attached hydrogens (primary N) is 1. The van der Waals surface area contributed by atoms with Crippen molar-refractivity contribution in [2.75, 3.05) is 20.1 Å². The molecule has 0 aliphatic heterocycles. The average molecular weight is 226 g/mol. The zero-order valence-corrected chi connectivity index (χ0v) is 11.3. The van der Waals surface area contributed by atoms with E-state index in [2.05, 4.69) is 18.9 Å². The molecule has 0 aromatic rings. The molecule has 0 bridgehead atoms. The summed E-state index contributed by atoms with van der Waals surface area (Å²) in [5.74, 6) is 0.697. The fourth-order valence-electron chi connectivity index (χ4n) is 2.69. The topological polar surface area (TPSA) is 29.3 Å². The van der Waals surface area contributed by atoms with Crippen molar-refractivity contribution in [3.05, 3.63) is 0 Å². The van der Waals surface area contributed by atoms with E-state index in [0.717, 1.165) is 12.6 Å². The number of hydrogen-bond donors (Lipinski definition) is 1.